The first-order valence-electron chi connectivity index (χ1n) is 9.83. The molecule has 3 amide bonds. The minimum absolute atomic E-state index is 0.00429. The summed E-state index contributed by atoms with van der Waals surface area (Å²) in [4.78, 5) is 68.1. The molecule has 2 rings (SSSR count). The second-order valence-corrected chi connectivity index (χ2v) is 7.68. The lowest BCUT2D eigenvalue weighted by Crippen LogP contribution is -2.57. The van der Waals surface area contributed by atoms with Crippen molar-refractivity contribution < 1.29 is 34.2 Å². The van der Waals surface area contributed by atoms with Crippen LogP contribution in [0.25, 0.3) is 0 Å². The Morgan fingerprint density at radius 2 is 1.97 bits per heavy atom. The topological polar surface area (TPSA) is 208 Å². The van der Waals surface area contributed by atoms with Gasteiger partial charge in [0.25, 0.3) is 0 Å². The molecule has 14 heteroatoms. The fraction of sp³-hybridized carbons (Fsp3) is 0.556. The molecule has 7 N–H and O–H groups in total. The molecule has 2 heterocycles. The number of aromatic amines is 1. The number of likely N-dealkylation sites (tertiary alicyclic amines) is 1. The molecule has 176 valence electrons. The number of aliphatic carboxylic acids is 2. The van der Waals surface area contributed by atoms with E-state index < -0.39 is 60.2 Å². The molecule has 4 atom stereocenters. The highest BCUT2D eigenvalue weighted by Gasteiger charge is 2.38. The first-order chi connectivity index (χ1) is 15.1. The van der Waals surface area contributed by atoms with E-state index in [0.29, 0.717) is 18.5 Å². The third-order valence-corrected chi connectivity index (χ3v) is 5.32. The molecule has 32 heavy (non-hydrogen) atoms. The Balaban J connectivity index is 2.13. The second-order valence-electron chi connectivity index (χ2n) is 7.32. The molecule has 1 fully saturated rings. The van der Waals surface area contributed by atoms with Gasteiger partial charge in [-0.05, 0) is 12.8 Å². The standard InChI is InChI=1S/C18H26N6O7S/c19-10(5-14(25)26)17(29)24-3-1-2-13(24)16(28)22-11(4-9-6-20-8-21-9)15(27)23-12(7-32)18(30)31/h6,8,10-13,32H,1-5,7,19H2,(H,20,21)(H,22,28)(H,23,27)(H,25,26)(H,30,31). The van der Waals surface area contributed by atoms with Gasteiger partial charge in [-0.3, -0.25) is 19.2 Å². The van der Waals surface area contributed by atoms with Crippen molar-refractivity contribution in [1.82, 2.24) is 25.5 Å². The van der Waals surface area contributed by atoms with Gasteiger partial charge in [0.05, 0.1) is 18.8 Å². The third-order valence-electron chi connectivity index (χ3n) is 4.96. The molecule has 0 radical (unpaired) electrons. The molecular weight excluding hydrogens is 444 g/mol. The van der Waals surface area contributed by atoms with Gasteiger partial charge in [0.15, 0.2) is 0 Å². The molecular formula is C18H26N6O7S. The predicted octanol–water partition coefficient (Wildman–Crippen LogP) is -2.27. The molecule has 0 spiro atoms. The number of nitrogens with zero attached hydrogens (tertiary/aromatic N) is 2. The highest BCUT2D eigenvalue weighted by atomic mass is 32.1. The average Bonchev–Trinajstić information content (AvgIpc) is 3.41. The highest BCUT2D eigenvalue weighted by molar-refractivity contribution is 7.80. The van der Waals surface area contributed by atoms with Gasteiger partial charge in [-0.15, -0.1) is 0 Å². The highest BCUT2D eigenvalue weighted by Crippen LogP contribution is 2.19. The van der Waals surface area contributed by atoms with Crippen LogP contribution in [0.2, 0.25) is 0 Å². The van der Waals surface area contributed by atoms with E-state index in [9.17, 15) is 24.0 Å². The van der Waals surface area contributed by atoms with E-state index in [1.54, 1.807) is 0 Å². The molecule has 4 unspecified atom stereocenters. The maximum Gasteiger partial charge on any atom is 0.327 e. The van der Waals surface area contributed by atoms with Crippen LogP contribution in [-0.4, -0.2) is 91.2 Å². The largest absolute Gasteiger partial charge is 0.481 e. The SMILES string of the molecule is NC(CC(=O)O)C(=O)N1CCCC1C(=O)NC(Cc1cnc[nH]1)C(=O)NC(CS)C(=O)O. The van der Waals surface area contributed by atoms with Crippen LogP contribution in [0.15, 0.2) is 12.5 Å². The number of H-pyrrole nitrogens is 1. The number of rotatable bonds is 11. The number of imidazole rings is 1. The number of carbonyl (C=O) groups is 5. The number of thiol groups is 1. The summed E-state index contributed by atoms with van der Waals surface area (Å²) in [6, 6.07) is -4.64. The van der Waals surface area contributed by atoms with E-state index >= 15 is 0 Å². The van der Waals surface area contributed by atoms with E-state index in [2.05, 4.69) is 33.2 Å². The van der Waals surface area contributed by atoms with Crippen molar-refractivity contribution in [2.75, 3.05) is 12.3 Å². The van der Waals surface area contributed by atoms with Crippen LogP contribution < -0.4 is 16.4 Å². The first-order valence-corrected chi connectivity index (χ1v) is 10.5. The zero-order valence-electron chi connectivity index (χ0n) is 17.1. The Morgan fingerprint density at radius 1 is 1.25 bits per heavy atom. The molecule has 0 aliphatic carbocycles. The Bertz CT molecular complexity index is 849. The van der Waals surface area contributed by atoms with Crippen molar-refractivity contribution in [3.63, 3.8) is 0 Å². The summed E-state index contributed by atoms with van der Waals surface area (Å²) in [6.07, 6.45) is 3.08. The number of carboxylic acid groups (broad SMARTS) is 2. The Kier molecular flexibility index (Phi) is 9.02. The van der Waals surface area contributed by atoms with Crippen LogP contribution in [-0.2, 0) is 30.4 Å². The summed E-state index contributed by atoms with van der Waals surface area (Å²) in [5.74, 6) is -4.71. The summed E-state index contributed by atoms with van der Waals surface area (Å²) in [5, 5.41) is 22.9. The van der Waals surface area contributed by atoms with Gasteiger partial charge < -0.3 is 36.5 Å². The Labute approximate surface area is 188 Å². The average molecular weight is 471 g/mol. The van der Waals surface area contributed by atoms with Crippen LogP contribution in [0.1, 0.15) is 25.0 Å². The third kappa shape index (κ3) is 6.68. The van der Waals surface area contributed by atoms with Crippen LogP contribution in [0, 0.1) is 0 Å². The molecule has 1 aromatic heterocycles. The normalized spacial score (nSPS) is 18.4. The Morgan fingerprint density at radius 3 is 2.53 bits per heavy atom. The van der Waals surface area contributed by atoms with E-state index in [-0.39, 0.29) is 18.7 Å². The molecule has 1 aliphatic heterocycles. The summed E-state index contributed by atoms with van der Waals surface area (Å²) >= 11 is 3.91. The maximum atomic E-state index is 12.9. The van der Waals surface area contributed by atoms with E-state index in [0.717, 1.165) is 0 Å². The van der Waals surface area contributed by atoms with Crippen molar-refractivity contribution in [2.45, 2.75) is 49.9 Å². The van der Waals surface area contributed by atoms with E-state index in [1.807, 2.05) is 0 Å². The minimum atomic E-state index is -1.29. The summed E-state index contributed by atoms with van der Waals surface area (Å²) < 4.78 is 0. The van der Waals surface area contributed by atoms with Crippen molar-refractivity contribution >= 4 is 42.3 Å². The Hall–Kier alpha value is -3.13. The number of hydrogen-bond acceptors (Lipinski definition) is 8. The van der Waals surface area contributed by atoms with Crippen LogP contribution in [0.4, 0.5) is 0 Å². The predicted molar refractivity (Wildman–Crippen MR) is 113 cm³/mol. The van der Waals surface area contributed by atoms with Crippen molar-refractivity contribution in [3.05, 3.63) is 18.2 Å². The number of amides is 3. The lowest BCUT2D eigenvalue weighted by molar-refractivity contribution is -0.144. The summed E-state index contributed by atoms with van der Waals surface area (Å²) in [5.41, 5.74) is 6.18. The number of nitrogens with two attached hydrogens (primary N) is 1. The smallest absolute Gasteiger partial charge is 0.327 e. The maximum absolute atomic E-state index is 12.9. The fourth-order valence-corrected chi connectivity index (χ4v) is 3.59. The van der Waals surface area contributed by atoms with Gasteiger partial charge in [-0.2, -0.15) is 12.6 Å². The molecule has 0 saturated carbocycles. The quantitative estimate of drug-likeness (QED) is 0.174. The van der Waals surface area contributed by atoms with Gasteiger partial charge in [0.2, 0.25) is 17.7 Å². The molecule has 1 saturated heterocycles. The molecule has 1 aromatic rings. The van der Waals surface area contributed by atoms with E-state index in [4.69, 9.17) is 15.9 Å². The number of carbonyl (C=O) groups excluding carboxylic acids is 3. The zero-order chi connectivity index (χ0) is 23.8. The van der Waals surface area contributed by atoms with Gasteiger partial charge in [-0.1, -0.05) is 0 Å². The van der Waals surface area contributed by atoms with Gasteiger partial charge in [0.1, 0.15) is 18.1 Å². The molecule has 13 nitrogen and oxygen atoms in total. The number of carboxylic acids is 2. The van der Waals surface area contributed by atoms with Crippen LogP contribution in [0.3, 0.4) is 0 Å². The van der Waals surface area contributed by atoms with Gasteiger partial charge in [0, 0.05) is 30.6 Å². The molecule has 0 aromatic carbocycles. The van der Waals surface area contributed by atoms with Crippen molar-refractivity contribution in [1.29, 1.82) is 0 Å². The van der Waals surface area contributed by atoms with Crippen LogP contribution in [0.5, 0.6) is 0 Å². The van der Waals surface area contributed by atoms with Crippen LogP contribution >= 0.6 is 12.6 Å². The number of aromatic nitrogens is 2. The van der Waals surface area contributed by atoms with Crippen molar-refractivity contribution in [3.8, 4) is 0 Å². The first kappa shape index (κ1) is 25.1. The molecule has 1 aliphatic rings. The summed E-state index contributed by atoms with van der Waals surface area (Å²) in [6.45, 7) is 0.225. The zero-order valence-corrected chi connectivity index (χ0v) is 18.0. The van der Waals surface area contributed by atoms with E-state index in [1.165, 1.54) is 17.4 Å². The number of nitrogens with one attached hydrogen (secondary N) is 3. The fourth-order valence-electron chi connectivity index (χ4n) is 3.34. The monoisotopic (exact) mass is 470 g/mol. The number of hydrogen-bond donors (Lipinski definition) is 7. The minimum Gasteiger partial charge on any atom is -0.481 e. The lowest BCUT2D eigenvalue weighted by Gasteiger charge is -2.28. The van der Waals surface area contributed by atoms with Gasteiger partial charge >= 0.3 is 11.9 Å². The van der Waals surface area contributed by atoms with Crippen molar-refractivity contribution in [2.24, 2.45) is 5.73 Å². The lowest BCUT2D eigenvalue weighted by atomic mass is 10.1. The summed E-state index contributed by atoms with van der Waals surface area (Å²) in [7, 11) is 0. The van der Waals surface area contributed by atoms with Gasteiger partial charge in [-0.25, -0.2) is 9.78 Å². The molecule has 0 bridgehead atoms. The second kappa shape index (κ2) is 11.5.